The first-order valence-corrected chi connectivity index (χ1v) is 5.49. The first kappa shape index (κ1) is 9.97. The monoisotopic (exact) mass is 224 g/mol. The maximum absolute atomic E-state index is 5.57. The third kappa shape index (κ3) is 1.68. The number of furan rings is 1. The number of hydrogen-bond acceptors (Lipinski definition) is 2. The van der Waals surface area contributed by atoms with E-state index in [-0.39, 0.29) is 0 Å². The van der Waals surface area contributed by atoms with Crippen LogP contribution in [0.25, 0.3) is 22.1 Å². The van der Waals surface area contributed by atoms with Gasteiger partial charge in [-0.15, -0.1) is 0 Å². The van der Waals surface area contributed by atoms with Gasteiger partial charge in [0.25, 0.3) is 0 Å². The molecule has 3 rings (SSSR count). The van der Waals surface area contributed by atoms with Gasteiger partial charge < -0.3 is 9.15 Å². The van der Waals surface area contributed by atoms with Crippen LogP contribution in [0, 0.1) is 0 Å². The van der Waals surface area contributed by atoms with Gasteiger partial charge in [0.05, 0.1) is 13.4 Å². The Morgan fingerprint density at radius 1 is 1.00 bits per heavy atom. The van der Waals surface area contributed by atoms with E-state index in [2.05, 4.69) is 12.1 Å². The molecule has 0 fully saturated rings. The summed E-state index contributed by atoms with van der Waals surface area (Å²) in [5.74, 6) is 0.812. The van der Waals surface area contributed by atoms with E-state index in [1.807, 2.05) is 36.4 Å². The van der Waals surface area contributed by atoms with E-state index in [1.165, 1.54) is 0 Å². The Morgan fingerprint density at radius 3 is 2.59 bits per heavy atom. The predicted molar refractivity (Wildman–Crippen MR) is 68.2 cm³/mol. The third-order valence-corrected chi connectivity index (χ3v) is 2.87. The lowest BCUT2D eigenvalue weighted by Crippen LogP contribution is -1.81. The molecule has 2 heteroatoms. The van der Waals surface area contributed by atoms with Crippen LogP contribution in [0.3, 0.4) is 0 Å². The Labute approximate surface area is 99.4 Å². The molecule has 0 N–H and O–H groups in total. The molecule has 0 unspecified atom stereocenters. The van der Waals surface area contributed by atoms with Crippen LogP contribution in [0.4, 0.5) is 0 Å². The second-order valence-electron chi connectivity index (χ2n) is 3.88. The maximum atomic E-state index is 5.57. The fourth-order valence-electron chi connectivity index (χ4n) is 1.98. The summed E-state index contributed by atoms with van der Waals surface area (Å²) in [6.07, 6.45) is 1.79. The maximum Gasteiger partial charge on any atom is 0.138 e. The van der Waals surface area contributed by atoms with Crippen LogP contribution in [-0.4, -0.2) is 7.11 Å². The van der Waals surface area contributed by atoms with E-state index >= 15 is 0 Å². The largest absolute Gasteiger partial charge is 0.497 e. The first-order chi connectivity index (χ1) is 8.38. The highest BCUT2D eigenvalue weighted by molar-refractivity contribution is 5.94. The Kier molecular flexibility index (Phi) is 2.33. The molecule has 0 bridgehead atoms. The molecule has 1 heterocycles. The van der Waals surface area contributed by atoms with Crippen molar-refractivity contribution in [3.63, 3.8) is 0 Å². The summed E-state index contributed by atoms with van der Waals surface area (Å²) in [7, 11) is 1.65. The Balaban J connectivity index is 2.19. The van der Waals surface area contributed by atoms with Crippen LogP contribution < -0.4 is 4.74 Å². The average molecular weight is 224 g/mol. The summed E-state index contributed by atoms with van der Waals surface area (Å²) in [5.41, 5.74) is 3.13. The lowest BCUT2D eigenvalue weighted by molar-refractivity contribution is 0.414. The van der Waals surface area contributed by atoms with Crippen LogP contribution in [0.2, 0.25) is 0 Å². The third-order valence-electron chi connectivity index (χ3n) is 2.87. The topological polar surface area (TPSA) is 22.4 Å². The van der Waals surface area contributed by atoms with E-state index in [9.17, 15) is 0 Å². The molecule has 0 radical (unpaired) electrons. The van der Waals surface area contributed by atoms with Crippen LogP contribution in [0.1, 0.15) is 0 Å². The van der Waals surface area contributed by atoms with E-state index in [1.54, 1.807) is 13.4 Å². The summed E-state index contributed by atoms with van der Waals surface area (Å²) in [4.78, 5) is 0. The van der Waals surface area contributed by atoms with Crippen LogP contribution in [0.5, 0.6) is 5.75 Å². The zero-order chi connectivity index (χ0) is 11.7. The second kappa shape index (κ2) is 3.98. The number of ether oxygens (including phenoxy) is 1. The predicted octanol–water partition coefficient (Wildman–Crippen LogP) is 4.11. The summed E-state index contributed by atoms with van der Waals surface area (Å²) in [5, 5.41) is 1.11. The molecule has 0 aliphatic rings. The highest BCUT2D eigenvalue weighted by Crippen LogP contribution is 2.32. The van der Waals surface area contributed by atoms with Gasteiger partial charge in [0, 0.05) is 17.0 Å². The van der Waals surface area contributed by atoms with E-state index in [4.69, 9.17) is 9.15 Å². The van der Waals surface area contributed by atoms with Crippen molar-refractivity contribution >= 4 is 11.0 Å². The van der Waals surface area contributed by atoms with Gasteiger partial charge in [0.15, 0.2) is 0 Å². The molecule has 0 saturated heterocycles. The molecule has 0 spiro atoms. The zero-order valence-electron chi connectivity index (χ0n) is 9.51. The molecule has 84 valence electrons. The van der Waals surface area contributed by atoms with Crippen molar-refractivity contribution < 1.29 is 9.15 Å². The highest BCUT2D eigenvalue weighted by Gasteiger charge is 2.08. The minimum absolute atomic E-state index is 0.812. The normalized spacial score (nSPS) is 10.6. The van der Waals surface area contributed by atoms with Crippen LogP contribution in [-0.2, 0) is 0 Å². The van der Waals surface area contributed by atoms with Gasteiger partial charge >= 0.3 is 0 Å². The molecule has 2 nitrogen and oxygen atoms in total. The van der Waals surface area contributed by atoms with Crippen molar-refractivity contribution in [2.75, 3.05) is 7.11 Å². The highest BCUT2D eigenvalue weighted by atomic mass is 16.5. The molecule has 0 aliphatic heterocycles. The summed E-state index contributed by atoms with van der Waals surface area (Å²) in [6.45, 7) is 0. The fourth-order valence-corrected chi connectivity index (χ4v) is 1.98. The molecule has 0 saturated carbocycles. The van der Waals surface area contributed by atoms with Gasteiger partial charge in [-0.3, -0.25) is 0 Å². The number of fused-ring (bicyclic) bond motifs is 1. The van der Waals surface area contributed by atoms with Gasteiger partial charge in [-0.2, -0.15) is 0 Å². The molecule has 0 atom stereocenters. The molecule has 3 aromatic rings. The van der Waals surface area contributed by atoms with Crippen molar-refractivity contribution in [1.82, 2.24) is 0 Å². The van der Waals surface area contributed by atoms with Crippen LogP contribution in [0.15, 0.2) is 59.2 Å². The molecule has 1 aromatic heterocycles. The number of methoxy groups -OCH3 is 1. The van der Waals surface area contributed by atoms with E-state index in [0.29, 0.717) is 0 Å². The standard InChI is InChI=1S/C15H12O2/c1-16-12-7-8-13-14(10-17-15(13)9-12)11-5-3-2-4-6-11/h2-10H,1H3. The van der Waals surface area contributed by atoms with E-state index < -0.39 is 0 Å². The van der Waals surface area contributed by atoms with Crippen LogP contribution >= 0.6 is 0 Å². The quantitative estimate of drug-likeness (QED) is 0.653. The number of hydrogen-bond donors (Lipinski definition) is 0. The smallest absolute Gasteiger partial charge is 0.138 e. The second-order valence-corrected chi connectivity index (χ2v) is 3.88. The molecule has 0 amide bonds. The molecule has 17 heavy (non-hydrogen) atoms. The Hall–Kier alpha value is -2.22. The molecule has 2 aromatic carbocycles. The minimum Gasteiger partial charge on any atom is -0.497 e. The SMILES string of the molecule is COc1ccc2c(-c3ccccc3)coc2c1. The lowest BCUT2D eigenvalue weighted by Gasteiger charge is -2.00. The van der Waals surface area contributed by atoms with Crippen molar-refractivity contribution in [3.05, 3.63) is 54.8 Å². The van der Waals surface area contributed by atoms with Gasteiger partial charge in [0.2, 0.25) is 0 Å². The van der Waals surface area contributed by atoms with Gasteiger partial charge in [-0.1, -0.05) is 30.3 Å². The number of benzene rings is 2. The molecule has 0 aliphatic carbocycles. The molecular weight excluding hydrogens is 212 g/mol. The van der Waals surface area contributed by atoms with E-state index in [0.717, 1.165) is 27.8 Å². The fraction of sp³-hybridized carbons (Fsp3) is 0.0667. The van der Waals surface area contributed by atoms with Gasteiger partial charge in [-0.05, 0) is 17.7 Å². The first-order valence-electron chi connectivity index (χ1n) is 5.49. The van der Waals surface area contributed by atoms with Gasteiger partial charge in [-0.25, -0.2) is 0 Å². The minimum atomic E-state index is 0.812. The van der Waals surface area contributed by atoms with Crippen molar-refractivity contribution in [1.29, 1.82) is 0 Å². The number of rotatable bonds is 2. The van der Waals surface area contributed by atoms with Crippen molar-refractivity contribution in [2.45, 2.75) is 0 Å². The van der Waals surface area contributed by atoms with Crippen molar-refractivity contribution in [3.8, 4) is 16.9 Å². The Bertz CT molecular complexity index is 638. The Morgan fingerprint density at radius 2 is 1.82 bits per heavy atom. The van der Waals surface area contributed by atoms with Gasteiger partial charge in [0.1, 0.15) is 11.3 Å². The summed E-state index contributed by atoms with van der Waals surface area (Å²) >= 11 is 0. The lowest BCUT2D eigenvalue weighted by atomic mass is 10.1. The molecular formula is C15H12O2. The average Bonchev–Trinajstić information content (AvgIpc) is 2.82. The summed E-state index contributed by atoms with van der Waals surface area (Å²) in [6, 6.07) is 16.1. The summed E-state index contributed by atoms with van der Waals surface area (Å²) < 4.78 is 10.7. The van der Waals surface area contributed by atoms with Crippen molar-refractivity contribution in [2.24, 2.45) is 0 Å². The zero-order valence-corrected chi connectivity index (χ0v) is 9.51.